The number of rotatable bonds is 10. The molecule has 2 aromatic rings. The van der Waals surface area contributed by atoms with Crippen molar-refractivity contribution in [1.29, 1.82) is 0 Å². The highest BCUT2D eigenvalue weighted by atomic mass is 16.5. The number of carbonyl (C=O) groups excluding carboxylic acids is 1. The Balaban J connectivity index is 1.59. The minimum absolute atomic E-state index is 0.0542. The molecule has 2 N–H and O–H groups in total. The van der Waals surface area contributed by atoms with E-state index >= 15 is 0 Å². The van der Waals surface area contributed by atoms with Gasteiger partial charge in [0, 0.05) is 0 Å². The monoisotopic (exact) mass is 409 g/mol. The molecule has 30 heavy (non-hydrogen) atoms. The number of aldehydes is 1. The molecule has 0 bridgehead atoms. The molecule has 1 saturated carbocycles. The van der Waals surface area contributed by atoms with Crippen LogP contribution in [0.2, 0.25) is 0 Å². The Morgan fingerprint density at radius 2 is 1.80 bits per heavy atom. The number of hydrogen-bond donors (Lipinski definition) is 2. The topological polar surface area (TPSA) is 75.6 Å². The summed E-state index contributed by atoms with van der Waals surface area (Å²) in [5.74, 6) is 0.203. The van der Waals surface area contributed by atoms with Crippen molar-refractivity contribution < 1.29 is 19.4 Å². The highest BCUT2D eigenvalue weighted by Crippen LogP contribution is 2.49. The van der Waals surface area contributed by atoms with E-state index in [1.807, 2.05) is 38.1 Å². The predicted octanol–water partition coefficient (Wildman–Crippen LogP) is 4.08. The van der Waals surface area contributed by atoms with Crippen LogP contribution in [0, 0.1) is 25.7 Å². The van der Waals surface area contributed by atoms with Gasteiger partial charge in [0.1, 0.15) is 24.2 Å². The largest absolute Gasteiger partial charge is 0.489 e. The van der Waals surface area contributed by atoms with Crippen molar-refractivity contribution in [3.05, 3.63) is 64.7 Å². The molecular weight excluding hydrogens is 378 g/mol. The van der Waals surface area contributed by atoms with Gasteiger partial charge in [0.25, 0.3) is 0 Å². The van der Waals surface area contributed by atoms with Crippen molar-refractivity contribution in [2.45, 2.75) is 58.7 Å². The summed E-state index contributed by atoms with van der Waals surface area (Å²) < 4.78 is 5.89. The highest BCUT2D eigenvalue weighted by Gasteiger charge is 2.62. The summed E-state index contributed by atoms with van der Waals surface area (Å²) in [7, 11) is 0. The van der Waals surface area contributed by atoms with Crippen molar-refractivity contribution in [3.8, 4) is 5.75 Å². The van der Waals surface area contributed by atoms with Crippen molar-refractivity contribution >= 4 is 12.3 Å². The Morgan fingerprint density at radius 1 is 1.17 bits per heavy atom. The van der Waals surface area contributed by atoms with E-state index in [4.69, 9.17) is 4.74 Å². The minimum Gasteiger partial charge on any atom is -0.489 e. The van der Waals surface area contributed by atoms with Gasteiger partial charge >= 0.3 is 5.97 Å². The number of aliphatic carboxylic acids is 1. The molecule has 1 fully saturated rings. The molecule has 5 nitrogen and oxygen atoms in total. The van der Waals surface area contributed by atoms with Crippen LogP contribution in [-0.2, 0) is 22.6 Å². The van der Waals surface area contributed by atoms with E-state index in [0.717, 1.165) is 23.2 Å². The molecular formula is C25H31NO4. The third-order valence-electron chi connectivity index (χ3n) is 5.87. The van der Waals surface area contributed by atoms with Gasteiger partial charge in [-0.3, -0.25) is 10.1 Å². The molecule has 0 radical (unpaired) electrons. The fourth-order valence-corrected chi connectivity index (χ4v) is 4.32. The van der Waals surface area contributed by atoms with Gasteiger partial charge in [0.05, 0.1) is 6.04 Å². The van der Waals surface area contributed by atoms with Gasteiger partial charge in [0.15, 0.2) is 0 Å². The molecule has 0 aromatic heterocycles. The van der Waals surface area contributed by atoms with E-state index in [1.54, 1.807) is 0 Å². The summed E-state index contributed by atoms with van der Waals surface area (Å²) in [6.07, 6.45) is 1.82. The molecule has 2 unspecified atom stereocenters. The Kier molecular flexibility index (Phi) is 6.61. The lowest BCUT2D eigenvalue weighted by Gasteiger charge is -2.21. The van der Waals surface area contributed by atoms with Crippen molar-refractivity contribution in [2.24, 2.45) is 11.8 Å². The van der Waals surface area contributed by atoms with Crippen LogP contribution in [-0.4, -0.2) is 28.9 Å². The number of benzene rings is 2. The lowest BCUT2D eigenvalue weighted by molar-refractivity contribution is -0.141. The fourth-order valence-electron chi connectivity index (χ4n) is 4.32. The van der Waals surface area contributed by atoms with Gasteiger partial charge in [-0.15, -0.1) is 0 Å². The number of nitrogens with one attached hydrogen (secondary N) is 1. The number of ether oxygens (including phenoxy) is 1. The van der Waals surface area contributed by atoms with Crippen LogP contribution >= 0.6 is 0 Å². The zero-order valence-electron chi connectivity index (χ0n) is 18.1. The molecule has 0 spiro atoms. The molecule has 5 heteroatoms. The van der Waals surface area contributed by atoms with E-state index in [0.29, 0.717) is 19.4 Å². The van der Waals surface area contributed by atoms with Crippen LogP contribution in [0.3, 0.4) is 0 Å². The standard InChI is InChI=1S/C25H31NO4/c1-16(2)23-13-25(23,24(28)29)26-21(14-27)12-19-5-7-22(8-6-19)30-15-20-10-17(3)9-18(4)11-20/h5-11,14,16,21,23,26H,12-13,15H2,1-4H3,(H,28,29)/t21-,23?,25?/m0/s1. The van der Waals surface area contributed by atoms with E-state index in [2.05, 4.69) is 37.4 Å². The summed E-state index contributed by atoms with van der Waals surface area (Å²) in [5.41, 5.74) is 3.54. The Hall–Kier alpha value is -2.66. The Morgan fingerprint density at radius 3 is 2.30 bits per heavy atom. The maximum Gasteiger partial charge on any atom is 0.324 e. The highest BCUT2D eigenvalue weighted by molar-refractivity contribution is 5.84. The maximum atomic E-state index is 11.8. The molecule has 1 aliphatic rings. The van der Waals surface area contributed by atoms with Crippen LogP contribution in [0.25, 0.3) is 0 Å². The number of carboxylic acids is 1. The molecule has 0 amide bonds. The quantitative estimate of drug-likeness (QED) is 0.578. The first-order valence-corrected chi connectivity index (χ1v) is 10.5. The first-order valence-electron chi connectivity index (χ1n) is 10.5. The number of hydrogen-bond acceptors (Lipinski definition) is 4. The maximum absolute atomic E-state index is 11.8. The second-order valence-corrected chi connectivity index (χ2v) is 8.85. The molecule has 3 atom stereocenters. The molecule has 1 aliphatic carbocycles. The minimum atomic E-state index is -0.977. The summed E-state index contributed by atoms with van der Waals surface area (Å²) in [5, 5.41) is 12.8. The first kappa shape index (κ1) is 22.0. The first-order chi connectivity index (χ1) is 14.2. The second-order valence-electron chi connectivity index (χ2n) is 8.85. The zero-order valence-corrected chi connectivity index (χ0v) is 18.1. The van der Waals surface area contributed by atoms with Gasteiger partial charge < -0.3 is 14.6 Å². The van der Waals surface area contributed by atoms with Gasteiger partial charge in [-0.25, -0.2) is 0 Å². The Labute approximate surface area is 178 Å². The van der Waals surface area contributed by atoms with E-state index in [9.17, 15) is 14.7 Å². The van der Waals surface area contributed by atoms with Crippen molar-refractivity contribution in [3.63, 3.8) is 0 Å². The predicted molar refractivity (Wildman–Crippen MR) is 117 cm³/mol. The smallest absolute Gasteiger partial charge is 0.324 e. The summed E-state index contributed by atoms with van der Waals surface area (Å²) in [6, 6.07) is 13.5. The number of aryl methyl sites for hydroxylation is 2. The van der Waals surface area contributed by atoms with Crippen LogP contribution in [0.4, 0.5) is 0 Å². The third-order valence-corrected chi connectivity index (χ3v) is 5.87. The van der Waals surface area contributed by atoms with Crippen LogP contribution < -0.4 is 10.1 Å². The van der Waals surface area contributed by atoms with E-state index in [-0.39, 0.29) is 11.8 Å². The van der Waals surface area contributed by atoms with Crippen molar-refractivity contribution in [1.82, 2.24) is 5.32 Å². The normalized spacial score (nSPS) is 21.3. The van der Waals surface area contributed by atoms with Crippen molar-refractivity contribution in [2.75, 3.05) is 0 Å². The molecule has 0 aliphatic heterocycles. The van der Waals surface area contributed by atoms with Crippen LogP contribution in [0.1, 0.15) is 42.5 Å². The second kappa shape index (κ2) is 9.00. The van der Waals surface area contributed by atoms with Crippen LogP contribution in [0.15, 0.2) is 42.5 Å². The summed E-state index contributed by atoms with van der Waals surface area (Å²) in [4.78, 5) is 23.4. The average molecular weight is 410 g/mol. The van der Waals surface area contributed by atoms with Gasteiger partial charge in [0.2, 0.25) is 0 Å². The number of carboxylic acid groups (broad SMARTS) is 1. The average Bonchev–Trinajstić information content (AvgIpc) is 3.42. The summed E-state index contributed by atoms with van der Waals surface area (Å²) >= 11 is 0. The van der Waals surface area contributed by atoms with Gasteiger partial charge in [-0.1, -0.05) is 55.3 Å². The van der Waals surface area contributed by atoms with Gasteiger partial charge in [-0.2, -0.15) is 0 Å². The lowest BCUT2D eigenvalue weighted by Crippen LogP contribution is -2.49. The summed E-state index contributed by atoms with van der Waals surface area (Å²) in [6.45, 7) is 8.68. The SMILES string of the molecule is Cc1cc(C)cc(COc2ccc(C[C@@H](C=O)NC3(C(=O)O)CC3C(C)C)cc2)c1. The fraction of sp³-hybridized carbons (Fsp3) is 0.440. The molecule has 0 saturated heterocycles. The van der Waals surface area contributed by atoms with E-state index in [1.165, 1.54) is 11.1 Å². The van der Waals surface area contributed by atoms with Crippen LogP contribution in [0.5, 0.6) is 5.75 Å². The zero-order chi connectivity index (χ0) is 21.9. The molecule has 3 rings (SSSR count). The lowest BCUT2D eigenvalue weighted by atomic mass is 10.0. The van der Waals surface area contributed by atoms with E-state index < -0.39 is 17.6 Å². The third kappa shape index (κ3) is 5.08. The molecule has 0 heterocycles. The van der Waals surface area contributed by atoms with Gasteiger partial charge in [-0.05, 0) is 61.8 Å². The molecule has 160 valence electrons. The molecule has 2 aromatic carbocycles. The number of carbonyl (C=O) groups is 2. The Bertz CT molecular complexity index is 886.